The summed E-state index contributed by atoms with van der Waals surface area (Å²) in [7, 11) is 0. The highest BCUT2D eigenvalue weighted by atomic mass is 32.1. The quantitative estimate of drug-likeness (QED) is 0.458. The molecule has 1 aliphatic rings. The number of ether oxygens (including phenoxy) is 2. The normalized spacial score (nSPS) is 12.6. The summed E-state index contributed by atoms with van der Waals surface area (Å²) in [4.78, 5) is 42.9. The maximum atomic E-state index is 13.1. The van der Waals surface area contributed by atoms with E-state index in [9.17, 15) is 14.4 Å². The van der Waals surface area contributed by atoms with Crippen LogP contribution in [0.2, 0.25) is 0 Å². The van der Waals surface area contributed by atoms with Gasteiger partial charge in [-0.1, -0.05) is 32.0 Å². The van der Waals surface area contributed by atoms with Crippen molar-refractivity contribution in [3.8, 4) is 0 Å². The molecule has 0 aliphatic heterocycles. The van der Waals surface area contributed by atoms with Crippen LogP contribution >= 0.6 is 11.3 Å². The number of benzene rings is 1. The zero-order valence-electron chi connectivity index (χ0n) is 19.6. The first-order chi connectivity index (χ1) is 16.4. The molecular weight excluding hydrogens is 452 g/mol. The van der Waals surface area contributed by atoms with Crippen LogP contribution in [0.5, 0.6) is 0 Å². The molecule has 3 aromatic rings. The van der Waals surface area contributed by atoms with E-state index in [-0.39, 0.29) is 6.61 Å². The van der Waals surface area contributed by atoms with Crippen LogP contribution in [0.1, 0.15) is 64.7 Å². The largest absolute Gasteiger partial charge is 0.462 e. The number of carbonyl (C=O) groups excluding carboxylic acids is 3. The standard InChI is InChI=1S/C26H28N2O5S/c1-4-32-25(30)22-16(12-15(2)3)14-34-24(22)28-21(29)13-33-26(31)23-17-8-5-6-10-19(17)27-20-11-7-9-18(20)23/h5-6,8,10,14-15H,4,7,9,11-13H2,1-3H3,(H,28,29). The number of thiophene rings is 1. The number of carbonyl (C=O) groups is 3. The number of hydrogen-bond donors (Lipinski definition) is 1. The molecular formula is C26H28N2O5S. The van der Waals surface area contributed by atoms with E-state index >= 15 is 0 Å². The van der Waals surface area contributed by atoms with Gasteiger partial charge in [0.2, 0.25) is 0 Å². The number of nitrogens with zero attached hydrogens (tertiary/aromatic N) is 1. The number of aromatic nitrogens is 1. The molecule has 0 saturated carbocycles. The van der Waals surface area contributed by atoms with Gasteiger partial charge < -0.3 is 14.8 Å². The first kappa shape index (κ1) is 23.9. The van der Waals surface area contributed by atoms with Crippen molar-refractivity contribution >= 4 is 45.1 Å². The first-order valence-corrected chi connectivity index (χ1v) is 12.4. The van der Waals surface area contributed by atoms with Crippen molar-refractivity contribution in [1.82, 2.24) is 4.98 Å². The van der Waals surface area contributed by atoms with Gasteiger partial charge in [-0.05, 0) is 61.1 Å². The van der Waals surface area contributed by atoms with Crippen LogP contribution in [-0.4, -0.2) is 36.0 Å². The van der Waals surface area contributed by atoms with Gasteiger partial charge in [0.1, 0.15) is 5.00 Å². The summed E-state index contributed by atoms with van der Waals surface area (Å²) in [6.45, 7) is 5.65. The molecule has 1 aromatic carbocycles. The smallest absolute Gasteiger partial charge is 0.341 e. The Kier molecular flexibility index (Phi) is 7.26. The Morgan fingerprint density at radius 2 is 1.85 bits per heavy atom. The van der Waals surface area contributed by atoms with E-state index in [1.54, 1.807) is 6.92 Å². The SMILES string of the molecule is CCOC(=O)c1c(CC(C)C)csc1NC(=O)COC(=O)c1c2c(nc3ccccc13)CCC2. The first-order valence-electron chi connectivity index (χ1n) is 11.5. The topological polar surface area (TPSA) is 94.6 Å². The van der Waals surface area contributed by atoms with Crippen molar-refractivity contribution in [3.05, 3.63) is 57.6 Å². The second kappa shape index (κ2) is 10.3. The van der Waals surface area contributed by atoms with E-state index in [1.165, 1.54) is 11.3 Å². The fourth-order valence-corrected chi connectivity index (χ4v) is 5.29. The fourth-order valence-electron chi connectivity index (χ4n) is 4.31. The number of pyridine rings is 1. The van der Waals surface area contributed by atoms with Crippen LogP contribution in [0.25, 0.3) is 10.9 Å². The van der Waals surface area contributed by atoms with Gasteiger partial charge in [0.05, 0.1) is 23.3 Å². The average molecular weight is 481 g/mol. The Morgan fingerprint density at radius 3 is 2.62 bits per heavy atom. The van der Waals surface area contributed by atoms with Crippen LogP contribution < -0.4 is 5.32 Å². The third kappa shape index (κ3) is 4.97. The van der Waals surface area contributed by atoms with Crippen LogP contribution in [0.15, 0.2) is 29.6 Å². The van der Waals surface area contributed by atoms with Crippen molar-refractivity contribution in [1.29, 1.82) is 0 Å². The zero-order valence-corrected chi connectivity index (χ0v) is 20.4. The molecule has 1 N–H and O–H groups in total. The zero-order chi connectivity index (χ0) is 24.2. The third-order valence-corrected chi connectivity index (χ3v) is 6.63. The summed E-state index contributed by atoms with van der Waals surface area (Å²) in [5, 5.41) is 5.73. The maximum Gasteiger partial charge on any atom is 0.341 e. The van der Waals surface area contributed by atoms with E-state index in [0.29, 0.717) is 28.5 Å². The van der Waals surface area contributed by atoms with Crippen LogP contribution in [0.4, 0.5) is 5.00 Å². The summed E-state index contributed by atoms with van der Waals surface area (Å²) in [5.41, 5.74) is 4.28. The van der Waals surface area contributed by atoms with E-state index in [1.807, 2.05) is 29.6 Å². The molecule has 8 heteroatoms. The van der Waals surface area contributed by atoms with Crippen LogP contribution in [0.3, 0.4) is 0 Å². The Bertz CT molecular complexity index is 1250. The van der Waals surface area contributed by atoms with Crippen molar-refractivity contribution < 1.29 is 23.9 Å². The molecule has 0 unspecified atom stereocenters. The number of para-hydroxylation sites is 1. The van der Waals surface area contributed by atoms with E-state index in [2.05, 4.69) is 24.1 Å². The lowest BCUT2D eigenvalue weighted by Gasteiger charge is -2.12. The predicted octanol–water partition coefficient (Wildman–Crippen LogP) is 4.96. The van der Waals surface area contributed by atoms with Crippen molar-refractivity contribution in [2.24, 2.45) is 5.92 Å². The van der Waals surface area contributed by atoms with Gasteiger partial charge in [-0.2, -0.15) is 0 Å². The molecule has 178 valence electrons. The molecule has 0 bridgehead atoms. The molecule has 0 atom stereocenters. The van der Waals surface area contributed by atoms with Gasteiger partial charge in [-0.15, -0.1) is 11.3 Å². The Hall–Kier alpha value is -3.26. The summed E-state index contributed by atoms with van der Waals surface area (Å²) < 4.78 is 10.6. The predicted molar refractivity (Wildman–Crippen MR) is 131 cm³/mol. The molecule has 0 fully saturated rings. The Balaban J connectivity index is 1.50. The summed E-state index contributed by atoms with van der Waals surface area (Å²) >= 11 is 1.27. The van der Waals surface area contributed by atoms with Gasteiger partial charge in [-0.3, -0.25) is 9.78 Å². The summed E-state index contributed by atoms with van der Waals surface area (Å²) in [6.07, 6.45) is 3.22. The number of aryl methyl sites for hydroxylation is 1. The van der Waals surface area contributed by atoms with Crippen molar-refractivity contribution in [3.63, 3.8) is 0 Å². The van der Waals surface area contributed by atoms with E-state index in [4.69, 9.17) is 9.47 Å². The average Bonchev–Trinajstić information content (AvgIpc) is 3.42. The molecule has 0 spiro atoms. The van der Waals surface area contributed by atoms with Crippen LogP contribution in [-0.2, 0) is 33.5 Å². The second-order valence-electron chi connectivity index (χ2n) is 8.69. The van der Waals surface area contributed by atoms with Gasteiger partial charge >= 0.3 is 11.9 Å². The van der Waals surface area contributed by atoms with Crippen molar-refractivity contribution in [2.75, 3.05) is 18.5 Å². The Labute approximate surface area is 202 Å². The lowest BCUT2D eigenvalue weighted by atomic mass is 10.0. The third-order valence-electron chi connectivity index (χ3n) is 5.69. The number of amides is 1. The fraction of sp³-hybridized carbons (Fsp3) is 0.385. The highest BCUT2D eigenvalue weighted by Gasteiger charge is 2.26. The number of nitrogens with one attached hydrogen (secondary N) is 1. The monoisotopic (exact) mass is 480 g/mol. The lowest BCUT2D eigenvalue weighted by molar-refractivity contribution is -0.119. The van der Waals surface area contributed by atoms with Gasteiger partial charge in [-0.25, -0.2) is 9.59 Å². The molecule has 2 heterocycles. The van der Waals surface area contributed by atoms with Crippen LogP contribution in [0, 0.1) is 5.92 Å². The van der Waals surface area contributed by atoms with Gasteiger partial charge in [0.25, 0.3) is 5.91 Å². The number of hydrogen-bond acceptors (Lipinski definition) is 7. The highest BCUT2D eigenvalue weighted by Crippen LogP contribution is 2.32. The Morgan fingerprint density at radius 1 is 1.09 bits per heavy atom. The summed E-state index contributed by atoms with van der Waals surface area (Å²) in [5.74, 6) is -1.18. The van der Waals surface area contributed by atoms with Crippen molar-refractivity contribution in [2.45, 2.75) is 46.5 Å². The minimum absolute atomic E-state index is 0.241. The maximum absolute atomic E-state index is 13.1. The summed E-state index contributed by atoms with van der Waals surface area (Å²) in [6, 6.07) is 7.47. The van der Waals surface area contributed by atoms with E-state index in [0.717, 1.165) is 47.0 Å². The van der Waals surface area contributed by atoms with Gasteiger partial charge in [0, 0.05) is 11.1 Å². The number of fused-ring (bicyclic) bond motifs is 2. The second-order valence-corrected chi connectivity index (χ2v) is 9.57. The molecule has 4 rings (SSSR count). The minimum Gasteiger partial charge on any atom is -0.462 e. The minimum atomic E-state index is -0.538. The number of anilines is 1. The molecule has 2 aromatic heterocycles. The molecule has 34 heavy (non-hydrogen) atoms. The molecule has 1 amide bonds. The molecule has 7 nitrogen and oxygen atoms in total. The van der Waals surface area contributed by atoms with E-state index < -0.39 is 24.5 Å². The molecule has 0 saturated heterocycles. The van der Waals surface area contributed by atoms with Gasteiger partial charge in [0.15, 0.2) is 6.61 Å². The number of esters is 2. The highest BCUT2D eigenvalue weighted by molar-refractivity contribution is 7.15. The molecule has 0 radical (unpaired) electrons. The number of rotatable bonds is 8. The lowest BCUT2D eigenvalue weighted by Crippen LogP contribution is -2.22. The molecule has 1 aliphatic carbocycles.